The second-order valence-corrected chi connectivity index (χ2v) is 3.20. The van der Waals surface area contributed by atoms with E-state index >= 15 is 0 Å². The molecule has 0 bridgehead atoms. The Morgan fingerprint density at radius 2 is 2.20 bits per heavy atom. The number of carboxylic acid groups (broad SMARTS) is 1. The van der Waals surface area contributed by atoms with Crippen LogP contribution in [-0.2, 0) is 0 Å². The van der Waals surface area contributed by atoms with Crippen LogP contribution < -0.4 is 5.43 Å². The smallest absolute Gasteiger partial charge is 0.352 e. The van der Waals surface area contributed by atoms with Gasteiger partial charge in [-0.15, -0.1) is 0 Å². The normalized spacial score (nSPS) is 10.5. The molecule has 0 aliphatic rings. The lowest BCUT2D eigenvalue weighted by molar-refractivity contribution is 0.0690. The van der Waals surface area contributed by atoms with Crippen LogP contribution in [0.4, 0.5) is 0 Å². The third kappa shape index (κ3) is 1.59. The Morgan fingerprint density at radius 1 is 1.47 bits per heavy atom. The molecule has 0 amide bonds. The van der Waals surface area contributed by atoms with E-state index in [0.717, 1.165) is 11.8 Å². The van der Waals surface area contributed by atoms with Crippen LogP contribution in [0.1, 0.15) is 16.2 Å². The van der Waals surface area contributed by atoms with Gasteiger partial charge in [0.05, 0.1) is 5.39 Å². The zero-order valence-electron chi connectivity index (χ0n) is 7.94. The van der Waals surface area contributed by atoms with Crippen molar-refractivity contribution < 1.29 is 9.90 Å². The molecule has 0 fully saturated rings. The molecule has 0 spiro atoms. The van der Waals surface area contributed by atoms with Crippen LogP contribution in [0.25, 0.3) is 11.0 Å². The van der Waals surface area contributed by atoms with Crippen LogP contribution in [0.3, 0.4) is 0 Å². The van der Waals surface area contributed by atoms with Crippen molar-refractivity contribution in [3.63, 3.8) is 0 Å². The molecule has 15 heavy (non-hydrogen) atoms. The molecule has 76 valence electrons. The van der Waals surface area contributed by atoms with Crippen LogP contribution in [0.5, 0.6) is 0 Å². The first-order chi connectivity index (χ1) is 7.08. The van der Waals surface area contributed by atoms with Gasteiger partial charge in [-0.05, 0) is 19.1 Å². The minimum absolute atomic E-state index is 0.148. The molecule has 0 saturated heterocycles. The Bertz CT molecular complexity index is 601. The number of aromatic nitrogens is 2. The molecular weight excluding hydrogens is 196 g/mol. The second-order valence-electron chi connectivity index (χ2n) is 3.20. The highest BCUT2D eigenvalue weighted by Gasteiger charge is 2.08. The maximum absolute atomic E-state index is 11.5. The minimum atomic E-state index is -1.17. The van der Waals surface area contributed by atoms with Gasteiger partial charge >= 0.3 is 5.97 Å². The Labute approximate surface area is 84.4 Å². The van der Waals surface area contributed by atoms with E-state index in [1.807, 2.05) is 0 Å². The summed E-state index contributed by atoms with van der Waals surface area (Å²) in [5.41, 5.74) is 0.542. The first-order valence-corrected chi connectivity index (χ1v) is 4.32. The first kappa shape index (κ1) is 9.39. The summed E-state index contributed by atoms with van der Waals surface area (Å²) in [5.74, 6) is -1.17. The largest absolute Gasteiger partial charge is 0.477 e. The summed E-state index contributed by atoms with van der Waals surface area (Å²) in [4.78, 5) is 28.8. The quantitative estimate of drug-likeness (QED) is 0.723. The van der Waals surface area contributed by atoms with Crippen molar-refractivity contribution in [1.82, 2.24) is 9.97 Å². The molecule has 0 aromatic carbocycles. The highest BCUT2D eigenvalue weighted by atomic mass is 16.4. The van der Waals surface area contributed by atoms with Gasteiger partial charge in [-0.3, -0.25) is 4.79 Å². The summed E-state index contributed by atoms with van der Waals surface area (Å²) >= 11 is 0. The number of aryl methyl sites for hydroxylation is 1. The minimum Gasteiger partial charge on any atom is -0.477 e. The fourth-order valence-electron chi connectivity index (χ4n) is 1.34. The molecule has 0 radical (unpaired) electrons. The van der Waals surface area contributed by atoms with Crippen LogP contribution >= 0.6 is 0 Å². The summed E-state index contributed by atoms with van der Waals surface area (Å²) in [5, 5.41) is 9.13. The standard InChI is InChI=1S/C10H8N2O3/c1-5-2-3-6-8(13)4-7(10(14)15)12-9(6)11-5/h2-4H,1H3,(H,14,15)(H,11,12,13). The number of fused-ring (bicyclic) bond motifs is 1. The van der Waals surface area contributed by atoms with E-state index in [4.69, 9.17) is 5.11 Å². The molecule has 2 aromatic heterocycles. The van der Waals surface area contributed by atoms with E-state index in [1.54, 1.807) is 19.1 Å². The number of nitrogens with zero attached hydrogens (tertiary/aromatic N) is 1. The number of carboxylic acids is 1. The molecule has 5 nitrogen and oxygen atoms in total. The fourth-order valence-corrected chi connectivity index (χ4v) is 1.34. The fraction of sp³-hybridized carbons (Fsp3) is 0.100. The average molecular weight is 204 g/mol. The molecular formula is C10H8N2O3. The van der Waals surface area contributed by atoms with Gasteiger partial charge in [-0.25, -0.2) is 9.78 Å². The number of H-pyrrole nitrogens is 1. The lowest BCUT2D eigenvalue weighted by Gasteiger charge is -2.00. The summed E-state index contributed by atoms with van der Waals surface area (Å²) in [6.07, 6.45) is 0. The Kier molecular flexibility index (Phi) is 2.00. The van der Waals surface area contributed by atoms with Crippen molar-refractivity contribution in [1.29, 1.82) is 0 Å². The number of aromatic amines is 1. The molecule has 0 aliphatic carbocycles. The van der Waals surface area contributed by atoms with Crippen molar-refractivity contribution in [2.45, 2.75) is 6.92 Å². The van der Waals surface area contributed by atoms with Crippen molar-refractivity contribution >= 4 is 17.0 Å². The summed E-state index contributed by atoms with van der Waals surface area (Å²) < 4.78 is 0. The predicted molar refractivity (Wildman–Crippen MR) is 54.1 cm³/mol. The highest BCUT2D eigenvalue weighted by Crippen LogP contribution is 2.06. The Balaban J connectivity index is 2.85. The molecule has 2 aromatic rings. The van der Waals surface area contributed by atoms with Crippen LogP contribution in [0.15, 0.2) is 23.0 Å². The molecule has 2 heterocycles. The summed E-state index contributed by atoms with van der Waals surface area (Å²) in [6, 6.07) is 4.39. The molecule has 0 atom stereocenters. The highest BCUT2D eigenvalue weighted by molar-refractivity contribution is 5.88. The maximum atomic E-state index is 11.5. The number of aromatic carboxylic acids is 1. The lowest BCUT2D eigenvalue weighted by atomic mass is 10.2. The summed E-state index contributed by atoms with van der Waals surface area (Å²) in [7, 11) is 0. The van der Waals surface area contributed by atoms with Crippen molar-refractivity contribution in [2.75, 3.05) is 0 Å². The number of rotatable bonds is 1. The van der Waals surface area contributed by atoms with Gasteiger partial charge in [0.2, 0.25) is 0 Å². The van der Waals surface area contributed by atoms with E-state index in [2.05, 4.69) is 9.97 Å². The lowest BCUT2D eigenvalue weighted by Crippen LogP contribution is -2.10. The van der Waals surface area contributed by atoms with Gasteiger partial charge in [-0.2, -0.15) is 0 Å². The van der Waals surface area contributed by atoms with Crippen LogP contribution in [0, 0.1) is 6.92 Å². The van der Waals surface area contributed by atoms with E-state index in [0.29, 0.717) is 11.0 Å². The van der Waals surface area contributed by atoms with E-state index in [9.17, 15) is 9.59 Å². The Morgan fingerprint density at radius 3 is 2.87 bits per heavy atom. The van der Waals surface area contributed by atoms with Crippen molar-refractivity contribution in [3.05, 3.63) is 39.8 Å². The predicted octanol–water partition coefficient (Wildman–Crippen LogP) is 0.930. The van der Waals surface area contributed by atoms with Gasteiger partial charge in [0, 0.05) is 11.8 Å². The van der Waals surface area contributed by atoms with Gasteiger partial charge < -0.3 is 10.1 Å². The monoisotopic (exact) mass is 204 g/mol. The van der Waals surface area contributed by atoms with E-state index < -0.39 is 5.97 Å². The molecule has 5 heteroatoms. The molecule has 0 unspecified atom stereocenters. The number of hydrogen-bond donors (Lipinski definition) is 2. The molecule has 0 aliphatic heterocycles. The number of carbonyl (C=O) groups is 1. The zero-order chi connectivity index (χ0) is 11.0. The van der Waals surface area contributed by atoms with Gasteiger partial charge in [0.15, 0.2) is 5.43 Å². The first-order valence-electron chi connectivity index (χ1n) is 4.32. The molecule has 2 rings (SSSR count). The number of hydrogen-bond acceptors (Lipinski definition) is 3. The van der Waals surface area contributed by atoms with E-state index in [1.165, 1.54) is 0 Å². The van der Waals surface area contributed by atoms with Crippen molar-refractivity contribution in [3.8, 4) is 0 Å². The van der Waals surface area contributed by atoms with Crippen LogP contribution in [0.2, 0.25) is 0 Å². The Hall–Kier alpha value is -2.17. The van der Waals surface area contributed by atoms with Gasteiger partial charge in [0.1, 0.15) is 11.3 Å². The van der Waals surface area contributed by atoms with Crippen molar-refractivity contribution in [2.24, 2.45) is 0 Å². The third-order valence-corrected chi connectivity index (χ3v) is 2.06. The summed E-state index contributed by atoms with van der Waals surface area (Å²) in [6.45, 7) is 1.77. The topological polar surface area (TPSA) is 83.0 Å². The van der Waals surface area contributed by atoms with Crippen LogP contribution in [-0.4, -0.2) is 21.0 Å². The number of nitrogens with one attached hydrogen (secondary N) is 1. The van der Waals surface area contributed by atoms with E-state index in [-0.39, 0.29) is 11.1 Å². The molecule has 0 saturated carbocycles. The maximum Gasteiger partial charge on any atom is 0.352 e. The van der Waals surface area contributed by atoms with Gasteiger partial charge in [-0.1, -0.05) is 0 Å². The number of pyridine rings is 2. The SMILES string of the molecule is Cc1ccc2c(=O)cc(C(=O)O)[nH]c2n1. The molecule has 2 N–H and O–H groups in total. The third-order valence-electron chi connectivity index (χ3n) is 2.06. The zero-order valence-corrected chi connectivity index (χ0v) is 7.94. The second kappa shape index (κ2) is 3.20. The average Bonchev–Trinajstić information content (AvgIpc) is 2.16. The van der Waals surface area contributed by atoms with Gasteiger partial charge in [0.25, 0.3) is 0 Å².